The van der Waals surface area contributed by atoms with Gasteiger partial charge in [-0.25, -0.2) is 0 Å². The zero-order chi connectivity index (χ0) is 19.9. The van der Waals surface area contributed by atoms with Gasteiger partial charge < -0.3 is 10.6 Å². The lowest BCUT2D eigenvalue weighted by Crippen LogP contribution is -2.36. The van der Waals surface area contributed by atoms with Crippen LogP contribution in [0.25, 0.3) is 5.65 Å². The molecule has 2 N–H and O–H groups in total. The van der Waals surface area contributed by atoms with Crippen molar-refractivity contribution in [2.75, 3.05) is 7.05 Å². The Morgan fingerprint density at radius 2 is 1.59 bits per heavy atom. The normalized spacial score (nSPS) is 11.6. The zero-order valence-corrected chi connectivity index (χ0v) is 16.9. The molecule has 146 valence electrons. The van der Waals surface area contributed by atoms with Gasteiger partial charge in [-0.1, -0.05) is 48.2 Å². The molecule has 2 aromatic carbocycles. The maximum absolute atomic E-state index is 4.29. The number of aliphatic imine (C=N–C) groups is 1. The number of pyridine rings is 1. The van der Waals surface area contributed by atoms with Crippen LogP contribution in [0.1, 0.15) is 11.4 Å². The SMILES string of the molecule is CN=C(NCc1ccc(Sc2ccccc2)cc1)NCc1nnc2ccccn12. The molecule has 0 aliphatic heterocycles. The van der Waals surface area contributed by atoms with Gasteiger partial charge in [0.2, 0.25) is 0 Å². The summed E-state index contributed by atoms with van der Waals surface area (Å²) in [6, 6.07) is 24.8. The van der Waals surface area contributed by atoms with Gasteiger partial charge in [0.05, 0.1) is 6.54 Å². The van der Waals surface area contributed by atoms with Gasteiger partial charge in [-0.05, 0) is 42.0 Å². The van der Waals surface area contributed by atoms with E-state index >= 15 is 0 Å². The first-order chi connectivity index (χ1) is 14.3. The van der Waals surface area contributed by atoms with Crippen molar-refractivity contribution in [2.45, 2.75) is 22.9 Å². The highest BCUT2D eigenvalue weighted by molar-refractivity contribution is 7.99. The average molecular weight is 403 g/mol. The molecule has 0 radical (unpaired) electrons. The monoisotopic (exact) mass is 402 g/mol. The van der Waals surface area contributed by atoms with Crippen molar-refractivity contribution in [1.29, 1.82) is 0 Å². The van der Waals surface area contributed by atoms with E-state index < -0.39 is 0 Å². The largest absolute Gasteiger partial charge is 0.352 e. The first-order valence-electron chi connectivity index (χ1n) is 9.37. The Morgan fingerprint density at radius 1 is 0.862 bits per heavy atom. The van der Waals surface area contributed by atoms with Gasteiger partial charge in [0.1, 0.15) is 0 Å². The number of aromatic nitrogens is 3. The molecule has 2 aromatic heterocycles. The summed E-state index contributed by atoms with van der Waals surface area (Å²) in [6.07, 6.45) is 1.96. The molecule has 4 aromatic rings. The summed E-state index contributed by atoms with van der Waals surface area (Å²) in [5, 5.41) is 15.0. The summed E-state index contributed by atoms with van der Waals surface area (Å²) in [7, 11) is 1.76. The fourth-order valence-electron chi connectivity index (χ4n) is 2.88. The molecule has 6 nitrogen and oxygen atoms in total. The second-order valence-corrected chi connectivity index (χ2v) is 7.53. The lowest BCUT2D eigenvalue weighted by molar-refractivity contribution is 0.762. The third-order valence-corrected chi connectivity index (χ3v) is 5.40. The number of rotatable bonds is 6. The van der Waals surface area contributed by atoms with Crippen LogP contribution in [0.2, 0.25) is 0 Å². The van der Waals surface area contributed by atoms with Gasteiger partial charge >= 0.3 is 0 Å². The van der Waals surface area contributed by atoms with E-state index in [1.807, 2.05) is 34.9 Å². The Hall–Kier alpha value is -3.32. The van der Waals surface area contributed by atoms with Gasteiger partial charge in [-0.2, -0.15) is 0 Å². The lowest BCUT2D eigenvalue weighted by atomic mass is 10.2. The van der Waals surface area contributed by atoms with Crippen LogP contribution >= 0.6 is 11.8 Å². The van der Waals surface area contributed by atoms with Crippen molar-refractivity contribution < 1.29 is 0 Å². The Morgan fingerprint density at radius 3 is 2.38 bits per heavy atom. The Kier molecular flexibility index (Phi) is 6.07. The fourth-order valence-corrected chi connectivity index (χ4v) is 3.72. The second-order valence-electron chi connectivity index (χ2n) is 6.38. The molecule has 0 saturated carbocycles. The van der Waals surface area contributed by atoms with Gasteiger partial charge in [0, 0.05) is 29.6 Å². The highest BCUT2D eigenvalue weighted by Crippen LogP contribution is 2.27. The molecule has 29 heavy (non-hydrogen) atoms. The van der Waals surface area contributed by atoms with Crippen LogP contribution in [-0.2, 0) is 13.1 Å². The highest BCUT2D eigenvalue weighted by Gasteiger charge is 2.06. The molecule has 0 spiro atoms. The first-order valence-corrected chi connectivity index (χ1v) is 10.2. The van der Waals surface area contributed by atoms with Crippen LogP contribution in [0.4, 0.5) is 0 Å². The Balaban J connectivity index is 1.30. The minimum Gasteiger partial charge on any atom is -0.352 e. The zero-order valence-electron chi connectivity index (χ0n) is 16.1. The molecular formula is C22H22N6S. The number of nitrogens with one attached hydrogen (secondary N) is 2. The van der Waals surface area contributed by atoms with Gasteiger partial charge in [0.15, 0.2) is 17.4 Å². The molecule has 0 saturated heterocycles. The van der Waals surface area contributed by atoms with Crippen LogP contribution < -0.4 is 10.6 Å². The van der Waals surface area contributed by atoms with Crippen LogP contribution in [0, 0.1) is 0 Å². The molecule has 0 aliphatic carbocycles. The molecule has 0 fully saturated rings. The van der Waals surface area contributed by atoms with E-state index in [-0.39, 0.29) is 0 Å². The lowest BCUT2D eigenvalue weighted by Gasteiger charge is -2.11. The van der Waals surface area contributed by atoms with E-state index in [1.54, 1.807) is 18.8 Å². The van der Waals surface area contributed by atoms with Crippen molar-refractivity contribution >= 4 is 23.4 Å². The Bertz CT molecular complexity index is 1090. The summed E-state index contributed by atoms with van der Waals surface area (Å²) < 4.78 is 1.96. The molecule has 4 rings (SSSR count). The molecule has 7 heteroatoms. The summed E-state index contributed by atoms with van der Waals surface area (Å²) >= 11 is 1.76. The summed E-state index contributed by atoms with van der Waals surface area (Å²) in [6.45, 7) is 1.23. The quantitative estimate of drug-likeness (QED) is 0.380. The van der Waals surface area contributed by atoms with Gasteiger partial charge in [-0.15, -0.1) is 10.2 Å². The number of nitrogens with zero attached hydrogens (tertiary/aromatic N) is 4. The summed E-state index contributed by atoms with van der Waals surface area (Å²) in [4.78, 5) is 6.75. The molecule has 0 aliphatic rings. The number of hydrogen-bond acceptors (Lipinski definition) is 4. The van der Waals surface area contributed by atoms with Crippen LogP contribution in [0.5, 0.6) is 0 Å². The third-order valence-electron chi connectivity index (χ3n) is 4.38. The van der Waals surface area contributed by atoms with E-state index in [9.17, 15) is 0 Å². The molecular weight excluding hydrogens is 380 g/mol. The predicted octanol–water partition coefficient (Wildman–Crippen LogP) is 3.75. The van der Waals surface area contributed by atoms with E-state index in [0.29, 0.717) is 13.1 Å². The summed E-state index contributed by atoms with van der Waals surface area (Å²) in [5.74, 6) is 1.56. The third kappa shape index (κ3) is 4.94. The molecule has 2 heterocycles. The van der Waals surface area contributed by atoms with E-state index in [0.717, 1.165) is 17.4 Å². The van der Waals surface area contributed by atoms with Crippen molar-refractivity contribution in [1.82, 2.24) is 25.2 Å². The predicted molar refractivity (Wildman–Crippen MR) is 117 cm³/mol. The minimum absolute atomic E-state index is 0.539. The van der Waals surface area contributed by atoms with E-state index in [1.165, 1.54) is 15.4 Å². The van der Waals surface area contributed by atoms with Crippen LogP contribution in [0.3, 0.4) is 0 Å². The van der Waals surface area contributed by atoms with E-state index in [2.05, 4.69) is 74.4 Å². The molecule has 0 bridgehead atoms. The van der Waals surface area contributed by atoms with Crippen molar-refractivity contribution in [2.24, 2.45) is 4.99 Å². The molecule has 0 amide bonds. The molecule has 0 atom stereocenters. The molecule has 0 unspecified atom stereocenters. The smallest absolute Gasteiger partial charge is 0.191 e. The highest BCUT2D eigenvalue weighted by atomic mass is 32.2. The number of fused-ring (bicyclic) bond motifs is 1. The van der Waals surface area contributed by atoms with Crippen molar-refractivity contribution in [3.05, 3.63) is 90.4 Å². The maximum atomic E-state index is 4.29. The fraction of sp³-hybridized carbons (Fsp3) is 0.136. The Labute approximate surface area is 174 Å². The standard InChI is InChI=1S/C22H22N6S/c1-23-22(25-16-21-27-26-20-9-5-6-14-28(20)21)24-15-17-10-12-19(13-11-17)29-18-7-3-2-4-8-18/h2-14H,15-16H2,1H3,(H2,23,24,25). The van der Waals surface area contributed by atoms with Crippen molar-refractivity contribution in [3.63, 3.8) is 0 Å². The second kappa shape index (κ2) is 9.25. The minimum atomic E-state index is 0.539. The average Bonchev–Trinajstić information content (AvgIpc) is 3.19. The van der Waals surface area contributed by atoms with Crippen LogP contribution in [0.15, 0.2) is 93.8 Å². The number of hydrogen-bond donors (Lipinski definition) is 2. The van der Waals surface area contributed by atoms with Gasteiger partial charge in [-0.3, -0.25) is 9.39 Å². The number of benzene rings is 2. The maximum Gasteiger partial charge on any atom is 0.191 e. The number of guanidine groups is 1. The topological polar surface area (TPSA) is 66.6 Å². The van der Waals surface area contributed by atoms with E-state index in [4.69, 9.17) is 0 Å². The van der Waals surface area contributed by atoms with Crippen LogP contribution in [-0.4, -0.2) is 27.6 Å². The van der Waals surface area contributed by atoms with Crippen molar-refractivity contribution in [3.8, 4) is 0 Å². The van der Waals surface area contributed by atoms with Gasteiger partial charge in [0.25, 0.3) is 0 Å². The first kappa shape index (κ1) is 19.0. The summed E-state index contributed by atoms with van der Waals surface area (Å²) in [5.41, 5.74) is 2.03.